The first-order chi connectivity index (χ1) is 9.99. The number of hydrogen-bond donors (Lipinski definition) is 0. The van der Waals surface area contributed by atoms with Crippen molar-refractivity contribution in [2.24, 2.45) is 7.05 Å². The van der Waals surface area contributed by atoms with Crippen LogP contribution in [0, 0.1) is 0 Å². The standard InChI is InChI=1S/C15H26ClN5/c1-6-8-12-13-15(20(5)18-12)21(10-9-19(4)7-2)14(17-13)11(3)16/h11H,6-10H2,1-5H3. The molecule has 1 unspecified atom stereocenters. The molecule has 0 aromatic carbocycles. The maximum absolute atomic E-state index is 6.34. The Hall–Kier alpha value is -1.07. The first-order valence-electron chi connectivity index (χ1n) is 7.74. The summed E-state index contributed by atoms with van der Waals surface area (Å²) in [5.74, 6) is 0.946. The summed E-state index contributed by atoms with van der Waals surface area (Å²) in [6, 6.07) is 0. The summed E-state index contributed by atoms with van der Waals surface area (Å²) in [6.45, 7) is 9.22. The molecular weight excluding hydrogens is 286 g/mol. The van der Waals surface area contributed by atoms with Gasteiger partial charge in [0.2, 0.25) is 0 Å². The number of rotatable bonds is 7. The Balaban J connectivity index is 2.46. The van der Waals surface area contributed by atoms with Gasteiger partial charge in [-0.1, -0.05) is 20.3 Å². The fraction of sp³-hybridized carbons (Fsp3) is 0.733. The zero-order chi connectivity index (χ0) is 15.6. The van der Waals surface area contributed by atoms with Crippen LogP contribution < -0.4 is 0 Å². The molecule has 2 heterocycles. The number of aryl methyl sites for hydroxylation is 2. The minimum Gasteiger partial charge on any atom is -0.310 e. The van der Waals surface area contributed by atoms with Crippen LogP contribution in [0.4, 0.5) is 0 Å². The van der Waals surface area contributed by atoms with Gasteiger partial charge < -0.3 is 9.47 Å². The minimum absolute atomic E-state index is 0.0983. The topological polar surface area (TPSA) is 38.9 Å². The third-order valence-electron chi connectivity index (χ3n) is 3.91. The molecule has 2 aromatic rings. The molecule has 0 radical (unpaired) electrons. The third-order valence-corrected chi connectivity index (χ3v) is 4.10. The first kappa shape index (κ1) is 16.3. The molecule has 0 aliphatic rings. The van der Waals surface area contributed by atoms with Gasteiger partial charge in [-0.2, -0.15) is 5.10 Å². The van der Waals surface area contributed by atoms with Crippen LogP contribution in [0.25, 0.3) is 11.2 Å². The molecule has 6 heteroatoms. The van der Waals surface area contributed by atoms with E-state index in [0.717, 1.165) is 55.2 Å². The number of likely N-dealkylation sites (N-methyl/N-ethyl adjacent to an activating group) is 1. The normalized spacial score (nSPS) is 13.5. The molecule has 5 nitrogen and oxygen atoms in total. The van der Waals surface area contributed by atoms with Crippen LogP contribution in [0.2, 0.25) is 0 Å². The van der Waals surface area contributed by atoms with E-state index in [9.17, 15) is 0 Å². The maximum atomic E-state index is 6.34. The van der Waals surface area contributed by atoms with Crippen LogP contribution in [-0.2, 0) is 20.0 Å². The predicted molar refractivity (Wildman–Crippen MR) is 87.9 cm³/mol. The number of hydrogen-bond acceptors (Lipinski definition) is 3. The van der Waals surface area contributed by atoms with Crippen molar-refractivity contribution in [2.45, 2.75) is 45.5 Å². The van der Waals surface area contributed by atoms with E-state index in [2.05, 4.69) is 35.5 Å². The van der Waals surface area contributed by atoms with Gasteiger partial charge in [-0.15, -0.1) is 11.6 Å². The van der Waals surface area contributed by atoms with Gasteiger partial charge in [0.1, 0.15) is 11.3 Å². The number of nitrogens with zero attached hydrogens (tertiary/aromatic N) is 5. The predicted octanol–water partition coefficient (Wildman–Crippen LogP) is 2.97. The van der Waals surface area contributed by atoms with E-state index < -0.39 is 0 Å². The lowest BCUT2D eigenvalue weighted by Gasteiger charge is -2.16. The summed E-state index contributed by atoms with van der Waals surface area (Å²) in [4.78, 5) is 7.07. The van der Waals surface area contributed by atoms with E-state index in [1.54, 1.807) is 0 Å². The summed E-state index contributed by atoms with van der Waals surface area (Å²) in [5, 5.41) is 4.53. The lowest BCUT2D eigenvalue weighted by molar-refractivity contribution is 0.334. The molecular formula is C15H26ClN5. The van der Waals surface area contributed by atoms with E-state index in [4.69, 9.17) is 16.6 Å². The average molecular weight is 312 g/mol. The molecule has 0 aliphatic carbocycles. The molecule has 118 valence electrons. The van der Waals surface area contributed by atoms with Crippen molar-refractivity contribution in [3.8, 4) is 0 Å². The van der Waals surface area contributed by atoms with E-state index in [-0.39, 0.29) is 5.38 Å². The van der Waals surface area contributed by atoms with Crippen LogP contribution in [0.3, 0.4) is 0 Å². The van der Waals surface area contributed by atoms with Gasteiger partial charge in [-0.3, -0.25) is 4.68 Å². The Bertz CT molecular complexity index is 599. The highest BCUT2D eigenvalue weighted by atomic mass is 35.5. The Kier molecular flexibility index (Phi) is 5.27. The van der Waals surface area contributed by atoms with Crippen molar-refractivity contribution in [2.75, 3.05) is 20.1 Å². The third kappa shape index (κ3) is 3.24. The lowest BCUT2D eigenvalue weighted by atomic mass is 10.2. The molecule has 0 saturated heterocycles. The molecule has 0 bridgehead atoms. The number of halogens is 1. The van der Waals surface area contributed by atoms with Crippen LogP contribution in [0.5, 0.6) is 0 Å². The van der Waals surface area contributed by atoms with Gasteiger partial charge in [0, 0.05) is 20.1 Å². The van der Waals surface area contributed by atoms with E-state index in [0.29, 0.717) is 0 Å². The summed E-state index contributed by atoms with van der Waals surface area (Å²) in [5.41, 5.74) is 3.18. The number of aromatic nitrogens is 4. The zero-order valence-electron chi connectivity index (χ0n) is 13.7. The van der Waals surface area contributed by atoms with Gasteiger partial charge in [0.15, 0.2) is 5.65 Å². The fourth-order valence-electron chi connectivity index (χ4n) is 2.62. The van der Waals surface area contributed by atoms with Crippen LogP contribution in [0.15, 0.2) is 0 Å². The number of alkyl halides is 1. The van der Waals surface area contributed by atoms with Gasteiger partial charge in [0.25, 0.3) is 0 Å². The van der Waals surface area contributed by atoms with Gasteiger partial charge >= 0.3 is 0 Å². The molecule has 2 rings (SSSR count). The molecule has 0 aliphatic heterocycles. The van der Waals surface area contributed by atoms with Gasteiger partial charge in [-0.25, -0.2) is 4.98 Å². The van der Waals surface area contributed by atoms with Crippen molar-refractivity contribution in [1.29, 1.82) is 0 Å². The second-order valence-corrected chi connectivity index (χ2v) is 6.28. The fourth-order valence-corrected chi connectivity index (χ4v) is 2.78. The minimum atomic E-state index is -0.0983. The molecule has 0 fully saturated rings. The Morgan fingerprint density at radius 3 is 2.62 bits per heavy atom. The molecule has 2 aromatic heterocycles. The second-order valence-electron chi connectivity index (χ2n) is 5.63. The van der Waals surface area contributed by atoms with Crippen molar-refractivity contribution in [1.82, 2.24) is 24.2 Å². The van der Waals surface area contributed by atoms with E-state index in [1.165, 1.54) is 0 Å². The monoisotopic (exact) mass is 311 g/mol. The summed E-state index contributed by atoms with van der Waals surface area (Å²) >= 11 is 6.34. The van der Waals surface area contributed by atoms with Gasteiger partial charge in [-0.05, 0) is 26.9 Å². The van der Waals surface area contributed by atoms with Gasteiger partial charge in [0.05, 0.1) is 11.1 Å². The molecule has 0 N–H and O–H groups in total. The summed E-state index contributed by atoms with van der Waals surface area (Å²) in [7, 11) is 4.12. The molecule has 0 spiro atoms. The first-order valence-corrected chi connectivity index (χ1v) is 8.17. The van der Waals surface area contributed by atoms with Crippen molar-refractivity contribution < 1.29 is 0 Å². The van der Waals surface area contributed by atoms with E-state index in [1.807, 2.05) is 18.7 Å². The molecule has 0 amide bonds. The number of imidazole rings is 1. The van der Waals surface area contributed by atoms with Crippen molar-refractivity contribution in [3.05, 3.63) is 11.5 Å². The summed E-state index contributed by atoms with van der Waals surface area (Å²) in [6.07, 6.45) is 2.03. The van der Waals surface area contributed by atoms with Crippen LogP contribution in [-0.4, -0.2) is 44.4 Å². The zero-order valence-corrected chi connectivity index (χ0v) is 14.5. The Morgan fingerprint density at radius 1 is 1.33 bits per heavy atom. The quantitative estimate of drug-likeness (QED) is 0.738. The molecule has 21 heavy (non-hydrogen) atoms. The Morgan fingerprint density at radius 2 is 2.05 bits per heavy atom. The largest absolute Gasteiger partial charge is 0.310 e. The van der Waals surface area contributed by atoms with Crippen molar-refractivity contribution >= 4 is 22.8 Å². The van der Waals surface area contributed by atoms with Crippen LogP contribution >= 0.6 is 11.6 Å². The molecule has 0 saturated carbocycles. The average Bonchev–Trinajstić information content (AvgIpc) is 2.96. The highest BCUT2D eigenvalue weighted by Crippen LogP contribution is 2.26. The van der Waals surface area contributed by atoms with E-state index >= 15 is 0 Å². The highest BCUT2D eigenvalue weighted by molar-refractivity contribution is 6.20. The highest BCUT2D eigenvalue weighted by Gasteiger charge is 2.21. The number of fused-ring (bicyclic) bond motifs is 1. The second kappa shape index (κ2) is 6.79. The SMILES string of the molecule is CCCc1nn(C)c2c1nc(C(C)Cl)n2CCN(C)CC. The smallest absolute Gasteiger partial charge is 0.158 e. The maximum Gasteiger partial charge on any atom is 0.158 e. The summed E-state index contributed by atoms with van der Waals surface area (Å²) < 4.78 is 4.17. The van der Waals surface area contributed by atoms with Crippen LogP contribution in [0.1, 0.15) is 44.1 Å². The Labute approximate surface area is 131 Å². The molecule has 1 atom stereocenters. The lowest BCUT2D eigenvalue weighted by Crippen LogP contribution is -2.24. The van der Waals surface area contributed by atoms with Crippen molar-refractivity contribution in [3.63, 3.8) is 0 Å².